The van der Waals surface area contributed by atoms with Gasteiger partial charge in [-0.1, -0.05) is 11.6 Å². The highest BCUT2D eigenvalue weighted by Gasteiger charge is 2.46. The number of imide groups is 2. The molecule has 1 aromatic heterocycles. The molecular formula is C41H44ClN9O5. The summed E-state index contributed by atoms with van der Waals surface area (Å²) >= 11 is 6.37. The van der Waals surface area contributed by atoms with Crippen LogP contribution in [0.2, 0.25) is 5.02 Å². The lowest BCUT2D eigenvalue weighted by atomic mass is 9.77. The Hall–Kier alpha value is -5.26. The molecule has 5 fully saturated rings. The number of ether oxygens (including phenoxy) is 1. The summed E-state index contributed by atoms with van der Waals surface area (Å²) in [5.41, 5.74) is 4.26. The number of carbonyl (C=O) groups is 4. The average molecular weight is 778 g/mol. The summed E-state index contributed by atoms with van der Waals surface area (Å²) in [6, 6.07) is 12.5. The lowest BCUT2D eigenvalue weighted by molar-refractivity contribution is -0.136. The number of nitriles is 1. The fourth-order valence-electron chi connectivity index (χ4n) is 9.53. The first-order valence-electron chi connectivity index (χ1n) is 19.6. The highest BCUT2D eigenvalue weighted by Crippen LogP contribution is 2.46. The molecule has 5 saturated heterocycles. The number of amides is 4. The molecule has 0 radical (unpaired) electrons. The maximum atomic E-state index is 13.3. The number of hydrogen-bond acceptors (Lipinski definition) is 12. The van der Waals surface area contributed by atoms with E-state index in [0.717, 1.165) is 92.7 Å². The molecule has 0 aliphatic carbocycles. The zero-order valence-corrected chi connectivity index (χ0v) is 32.1. The average Bonchev–Trinajstić information content (AvgIpc) is 3.64. The van der Waals surface area contributed by atoms with Gasteiger partial charge in [-0.05, 0) is 87.3 Å². The van der Waals surface area contributed by atoms with Gasteiger partial charge < -0.3 is 24.3 Å². The standard InChI is InChI=1S/C41H44ClN9O5/c1-25-18-41(24-50(25)28-3-2-26(19-43)34(42)17-28)10-14-48(15-11-41)40-44-20-29(21-45-40)47-12-8-30(9-13-47)56-31-22-49(23-31)27-4-5-32-33(16-27)39(55)51(38(32)54)35-6-7-36(52)46-37(35)53/h2-5,16-17,20-21,25,30-31,35H,6-15,18,22-24H2,1H3,(H,46,52,53)/t25-,35?/m0/s1. The largest absolute Gasteiger partial charge is 0.371 e. The van der Waals surface area contributed by atoms with Crippen LogP contribution in [0, 0.1) is 16.7 Å². The Morgan fingerprint density at radius 1 is 0.839 bits per heavy atom. The van der Waals surface area contributed by atoms with Gasteiger partial charge in [0.05, 0.1) is 52.0 Å². The van der Waals surface area contributed by atoms with Gasteiger partial charge in [0.1, 0.15) is 12.1 Å². The summed E-state index contributed by atoms with van der Waals surface area (Å²) in [5.74, 6) is -1.22. The third kappa shape index (κ3) is 6.60. The highest BCUT2D eigenvalue weighted by atomic mass is 35.5. The van der Waals surface area contributed by atoms with E-state index >= 15 is 0 Å². The second-order valence-electron chi connectivity index (χ2n) is 16.2. The Morgan fingerprint density at radius 2 is 1.55 bits per heavy atom. The van der Waals surface area contributed by atoms with Crippen molar-refractivity contribution in [3.05, 3.63) is 70.5 Å². The second-order valence-corrected chi connectivity index (χ2v) is 16.6. The number of nitrogens with zero attached hydrogens (tertiary/aromatic N) is 8. The van der Waals surface area contributed by atoms with Crippen molar-refractivity contribution >= 4 is 58.2 Å². The van der Waals surface area contributed by atoms with E-state index in [9.17, 15) is 24.4 Å². The molecule has 56 heavy (non-hydrogen) atoms. The van der Waals surface area contributed by atoms with Gasteiger partial charge in [-0.2, -0.15) is 5.26 Å². The molecule has 9 rings (SSSR count). The SMILES string of the molecule is C[C@H]1CC2(CCN(c3ncc(N4CCC(OC5CN(c6ccc7c(c6)C(=O)N(C6CCC(=O)NC6=O)C7=O)C5)CC4)cn3)CC2)CN1c1ccc(C#N)c(Cl)c1. The van der Waals surface area contributed by atoms with Crippen LogP contribution in [-0.2, 0) is 14.3 Å². The summed E-state index contributed by atoms with van der Waals surface area (Å²) in [4.78, 5) is 70.1. The van der Waals surface area contributed by atoms with Crippen LogP contribution in [-0.4, -0.2) is 109 Å². The summed E-state index contributed by atoms with van der Waals surface area (Å²) in [7, 11) is 0. The molecule has 2 atom stereocenters. The zero-order chi connectivity index (χ0) is 38.7. The lowest BCUT2D eigenvalue weighted by Crippen LogP contribution is -2.54. The number of piperidine rings is 3. The number of aromatic nitrogens is 2. The number of hydrogen-bond donors (Lipinski definition) is 1. The monoisotopic (exact) mass is 777 g/mol. The molecule has 2 aromatic carbocycles. The van der Waals surface area contributed by atoms with E-state index in [4.69, 9.17) is 26.3 Å². The van der Waals surface area contributed by atoms with Crippen molar-refractivity contribution in [3.8, 4) is 6.07 Å². The fraction of sp³-hybridized carbons (Fsp3) is 0.488. The van der Waals surface area contributed by atoms with Gasteiger partial charge in [-0.15, -0.1) is 0 Å². The van der Waals surface area contributed by atoms with E-state index in [0.29, 0.717) is 29.7 Å². The van der Waals surface area contributed by atoms with Gasteiger partial charge in [-0.25, -0.2) is 9.97 Å². The van der Waals surface area contributed by atoms with Crippen molar-refractivity contribution in [3.63, 3.8) is 0 Å². The molecular weight excluding hydrogens is 734 g/mol. The minimum atomic E-state index is -0.977. The van der Waals surface area contributed by atoms with Crippen molar-refractivity contribution in [1.29, 1.82) is 5.26 Å². The third-order valence-electron chi connectivity index (χ3n) is 12.7. The van der Waals surface area contributed by atoms with Crippen molar-refractivity contribution in [2.75, 3.05) is 65.4 Å². The summed E-state index contributed by atoms with van der Waals surface area (Å²) in [6.45, 7) is 8.20. The van der Waals surface area contributed by atoms with Crippen LogP contribution in [0.15, 0.2) is 48.8 Å². The van der Waals surface area contributed by atoms with Gasteiger partial charge in [0.15, 0.2) is 0 Å². The molecule has 15 heteroatoms. The van der Waals surface area contributed by atoms with E-state index in [1.165, 1.54) is 0 Å². The van der Waals surface area contributed by atoms with Crippen molar-refractivity contribution in [2.45, 2.75) is 76.2 Å². The van der Waals surface area contributed by atoms with Crippen molar-refractivity contribution in [1.82, 2.24) is 20.2 Å². The lowest BCUT2D eigenvalue weighted by Gasteiger charge is -2.43. The Kier molecular flexibility index (Phi) is 9.32. The van der Waals surface area contributed by atoms with Gasteiger partial charge in [0, 0.05) is 69.7 Å². The quantitative estimate of drug-likeness (QED) is 0.343. The number of rotatable bonds is 7. The number of fused-ring (bicyclic) bond motifs is 1. The number of benzene rings is 2. The Morgan fingerprint density at radius 3 is 2.25 bits per heavy atom. The van der Waals surface area contributed by atoms with E-state index in [-0.39, 0.29) is 41.6 Å². The normalized spacial score (nSPS) is 24.1. The highest BCUT2D eigenvalue weighted by molar-refractivity contribution is 6.32. The molecule has 3 aromatic rings. The Balaban J connectivity index is 0.725. The van der Waals surface area contributed by atoms with Gasteiger partial charge in [0.25, 0.3) is 11.8 Å². The summed E-state index contributed by atoms with van der Waals surface area (Å²) in [6.07, 6.45) is 9.45. The van der Waals surface area contributed by atoms with Crippen LogP contribution in [0.5, 0.6) is 0 Å². The van der Waals surface area contributed by atoms with Crippen LogP contribution in [0.25, 0.3) is 0 Å². The maximum Gasteiger partial charge on any atom is 0.262 e. The van der Waals surface area contributed by atoms with E-state index in [1.807, 2.05) is 36.7 Å². The summed E-state index contributed by atoms with van der Waals surface area (Å²) in [5, 5.41) is 12.0. The van der Waals surface area contributed by atoms with Crippen LogP contribution in [0.3, 0.4) is 0 Å². The van der Waals surface area contributed by atoms with E-state index < -0.39 is 29.7 Å². The first kappa shape index (κ1) is 36.4. The van der Waals surface area contributed by atoms with Gasteiger partial charge in [0.2, 0.25) is 17.8 Å². The van der Waals surface area contributed by atoms with Crippen molar-refractivity contribution < 1.29 is 23.9 Å². The molecule has 1 N–H and O–H groups in total. The molecule has 0 saturated carbocycles. The first-order chi connectivity index (χ1) is 27.1. The molecule has 1 spiro atoms. The molecule has 290 valence electrons. The summed E-state index contributed by atoms with van der Waals surface area (Å²) < 4.78 is 6.47. The minimum absolute atomic E-state index is 0.0772. The predicted molar refractivity (Wildman–Crippen MR) is 209 cm³/mol. The topological polar surface area (TPSA) is 155 Å². The Labute approximate surface area is 330 Å². The molecule has 0 bridgehead atoms. The van der Waals surface area contributed by atoms with Crippen LogP contribution in [0.1, 0.15) is 78.1 Å². The van der Waals surface area contributed by atoms with E-state index in [2.05, 4.69) is 37.9 Å². The maximum absolute atomic E-state index is 13.3. The fourth-order valence-corrected chi connectivity index (χ4v) is 9.75. The number of halogens is 1. The minimum Gasteiger partial charge on any atom is -0.371 e. The van der Waals surface area contributed by atoms with Gasteiger partial charge >= 0.3 is 0 Å². The van der Waals surface area contributed by atoms with Crippen LogP contribution < -0.4 is 24.9 Å². The van der Waals surface area contributed by atoms with Crippen molar-refractivity contribution in [2.24, 2.45) is 5.41 Å². The van der Waals surface area contributed by atoms with Crippen LogP contribution in [0.4, 0.5) is 23.0 Å². The van der Waals surface area contributed by atoms with E-state index in [1.54, 1.807) is 12.1 Å². The zero-order valence-electron chi connectivity index (χ0n) is 31.3. The first-order valence-corrected chi connectivity index (χ1v) is 20.0. The molecule has 6 aliphatic rings. The predicted octanol–water partition coefficient (Wildman–Crippen LogP) is 4.16. The molecule has 14 nitrogen and oxygen atoms in total. The smallest absolute Gasteiger partial charge is 0.262 e. The Bertz CT molecular complexity index is 2120. The second kappa shape index (κ2) is 14.4. The molecule has 1 unspecified atom stereocenters. The number of carbonyl (C=O) groups excluding carboxylic acids is 4. The molecule has 4 amide bonds. The number of nitrogens with one attached hydrogen (secondary N) is 1. The van der Waals surface area contributed by atoms with Gasteiger partial charge in [-0.3, -0.25) is 29.4 Å². The molecule has 6 aliphatic heterocycles. The molecule has 7 heterocycles. The third-order valence-corrected chi connectivity index (χ3v) is 13.0. The number of anilines is 4. The van der Waals surface area contributed by atoms with Crippen LogP contribution >= 0.6 is 11.6 Å².